The van der Waals surface area contributed by atoms with E-state index in [9.17, 15) is 9.59 Å². The minimum Gasteiger partial charge on any atom is -0.468 e. The van der Waals surface area contributed by atoms with Gasteiger partial charge in [0.2, 0.25) is 0 Å². The molecule has 0 aliphatic rings. The second kappa shape index (κ2) is 7.86. The van der Waals surface area contributed by atoms with Crippen molar-refractivity contribution in [2.75, 3.05) is 39.1 Å². The van der Waals surface area contributed by atoms with Gasteiger partial charge in [-0.05, 0) is 13.6 Å². The molecule has 0 aliphatic carbocycles. The van der Waals surface area contributed by atoms with Gasteiger partial charge in [-0.3, -0.25) is 9.59 Å². The molecule has 0 fully saturated rings. The maximum atomic E-state index is 11.9. The van der Waals surface area contributed by atoms with E-state index in [-0.39, 0.29) is 11.6 Å². The van der Waals surface area contributed by atoms with Gasteiger partial charge in [0.25, 0.3) is 5.56 Å². The molecule has 1 N–H and O–H groups in total. The molecular formula is C12H19ClN4O3. The van der Waals surface area contributed by atoms with Gasteiger partial charge in [0, 0.05) is 13.1 Å². The number of nitrogens with one attached hydrogen (secondary N) is 1. The van der Waals surface area contributed by atoms with Crippen LogP contribution in [0.5, 0.6) is 0 Å². The molecule has 0 saturated heterocycles. The summed E-state index contributed by atoms with van der Waals surface area (Å²) in [7, 11) is 3.24. The zero-order valence-electron chi connectivity index (χ0n) is 11.9. The Balaban J connectivity index is 2.74. The van der Waals surface area contributed by atoms with Gasteiger partial charge in [-0.2, -0.15) is 5.10 Å². The Kier molecular flexibility index (Phi) is 6.47. The molecule has 1 rings (SSSR count). The smallest absolute Gasteiger partial charge is 0.327 e. The lowest BCUT2D eigenvalue weighted by atomic mass is 10.4. The first kappa shape index (κ1) is 16.5. The molecule has 1 aromatic rings. The van der Waals surface area contributed by atoms with Gasteiger partial charge in [-0.15, -0.1) is 0 Å². The third-order valence-corrected chi connectivity index (χ3v) is 3.21. The molecule has 1 aromatic heterocycles. The predicted octanol–water partition coefficient (Wildman–Crippen LogP) is 0.433. The summed E-state index contributed by atoms with van der Waals surface area (Å²) in [5.41, 5.74) is -0.0619. The topological polar surface area (TPSA) is 76.5 Å². The van der Waals surface area contributed by atoms with Crippen LogP contribution in [-0.4, -0.2) is 54.4 Å². The van der Waals surface area contributed by atoms with Crippen LogP contribution >= 0.6 is 11.6 Å². The van der Waals surface area contributed by atoms with E-state index in [1.807, 2.05) is 7.05 Å². The van der Waals surface area contributed by atoms with Crippen LogP contribution in [-0.2, 0) is 16.1 Å². The van der Waals surface area contributed by atoms with E-state index < -0.39 is 11.5 Å². The largest absolute Gasteiger partial charge is 0.468 e. The van der Waals surface area contributed by atoms with E-state index in [1.165, 1.54) is 13.3 Å². The molecule has 20 heavy (non-hydrogen) atoms. The second-order valence-corrected chi connectivity index (χ2v) is 4.61. The highest BCUT2D eigenvalue weighted by molar-refractivity contribution is 6.32. The molecule has 0 amide bonds. The number of esters is 1. The summed E-state index contributed by atoms with van der Waals surface area (Å²) in [6, 6.07) is 0. The van der Waals surface area contributed by atoms with Gasteiger partial charge < -0.3 is 15.0 Å². The zero-order valence-corrected chi connectivity index (χ0v) is 12.6. The summed E-state index contributed by atoms with van der Waals surface area (Å²) in [4.78, 5) is 25.1. The van der Waals surface area contributed by atoms with Crippen LogP contribution in [0, 0.1) is 0 Å². The fraction of sp³-hybridized carbons (Fsp3) is 0.583. The molecule has 0 spiro atoms. The van der Waals surface area contributed by atoms with E-state index >= 15 is 0 Å². The number of halogens is 1. The highest BCUT2D eigenvalue weighted by Gasteiger charge is 2.11. The van der Waals surface area contributed by atoms with Crippen molar-refractivity contribution < 1.29 is 9.53 Å². The summed E-state index contributed by atoms with van der Waals surface area (Å²) in [6.07, 6.45) is 1.43. The number of carbonyl (C=O) groups excluding carboxylic acids is 1. The van der Waals surface area contributed by atoms with E-state index in [4.69, 9.17) is 11.6 Å². The molecule has 0 aliphatic heterocycles. The minimum absolute atomic E-state index is 0.0167. The highest BCUT2D eigenvalue weighted by Crippen LogP contribution is 2.14. The highest BCUT2D eigenvalue weighted by atomic mass is 35.5. The van der Waals surface area contributed by atoms with Crippen LogP contribution in [0.3, 0.4) is 0 Å². The van der Waals surface area contributed by atoms with E-state index in [0.717, 1.165) is 17.8 Å². The van der Waals surface area contributed by atoms with Crippen molar-refractivity contribution in [2.45, 2.75) is 13.5 Å². The summed E-state index contributed by atoms with van der Waals surface area (Å²) >= 11 is 5.97. The number of rotatable bonds is 7. The summed E-state index contributed by atoms with van der Waals surface area (Å²) < 4.78 is 5.45. The van der Waals surface area contributed by atoms with E-state index in [2.05, 4.69) is 27.0 Å². The number of aromatic nitrogens is 2. The molecule has 7 nitrogen and oxygen atoms in total. The van der Waals surface area contributed by atoms with Crippen molar-refractivity contribution in [3.63, 3.8) is 0 Å². The SMILES string of the molecule is CCN(C)CCNc1cnn(CC(=O)OC)c(=O)c1Cl. The van der Waals surface area contributed by atoms with Crippen molar-refractivity contribution in [1.82, 2.24) is 14.7 Å². The molecule has 0 bridgehead atoms. The first-order valence-electron chi connectivity index (χ1n) is 6.24. The summed E-state index contributed by atoms with van der Waals surface area (Å²) in [5.74, 6) is -0.555. The Morgan fingerprint density at radius 3 is 2.90 bits per heavy atom. The first-order valence-corrected chi connectivity index (χ1v) is 6.62. The number of carbonyl (C=O) groups is 1. The van der Waals surface area contributed by atoms with Gasteiger partial charge >= 0.3 is 5.97 Å². The Hall–Kier alpha value is -1.60. The lowest BCUT2D eigenvalue weighted by Crippen LogP contribution is -2.29. The molecule has 0 saturated carbocycles. The number of hydrogen-bond donors (Lipinski definition) is 1. The fourth-order valence-corrected chi connectivity index (χ4v) is 1.64. The van der Waals surface area contributed by atoms with Gasteiger partial charge in [0.05, 0.1) is 19.0 Å². The predicted molar refractivity (Wildman–Crippen MR) is 77.2 cm³/mol. The Bertz CT molecular complexity index is 518. The van der Waals surface area contributed by atoms with E-state index in [0.29, 0.717) is 12.2 Å². The van der Waals surface area contributed by atoms with Crippen LogP contribution in [0.4, 0.5) is 5.69 Å². The van der Waals surface area contributed by atoms with Gasteiger partial charge in [-0.1, -0.05) is 18.5 Å². The van der Waals surface area contributed by atoms with Crippen LogP contribution < -0.4 is 10.9 Å². The average Bonchev–Trinajstić information content (AvgIpc) is 2.45. The normalized spacial score (nSPS) is 10.7. The Morgan fingerprint density at radius 2 is 2.30 bits per heavy atom. The molecule has 8 heteroatoms. The second-order valence-electron chi connectivity index (χ2n) is 4.23. The Morgan fingerprint density at radius 1 is 1.60 bits per heavy atom. The lowest BCUT2D eigenvalue weighted by molar-refractivity contribution is -0.141. The number of ether oxygens (including phenoxy) is 1. The van der Waals surface area contributed by atoms with Gasteiger partial charge in [-0.25, -0.2) is 4.68 Å². The van der Waals surface area contributed by atoms with Crippen molar-refractivity contribution in [1.29, 1.82) is 0 Å². The molecule has 1 heterocycles. The quantitative estimate of drug-likeness (QED) is 0.736. The molecule has 0 atom stereocenters. The average molecular weight is 303 g/mol. The number of methoxy groups -OCH3 is 1. The standard InChI is InChI=1S/C12H19ClN4O3/c1-4-16(2)6-5-14-9-7-15-17(8-10(18)20-3)12(19)11(9)13/h7,14H,4-6,8H2,1-3H3. The van der Waals surface area contributed by atoms with Crippen LogP contribution in [0.15, 0.2) is 11.0 Å². The van der Waals surface area contributed by atoms with Crippen molar-refractivity contribution >= 4 is 23.3 Å². The number of likely N-dealkylation sites (N-methyl/N-ethyl adjacent to an activating group) is 1. The van der Waals surface area contributed by atoms with Crippen LogP contribution in [0.25, 0.3) is 0 Å². The van der Waals surface area contributed by atoms with Gasteiger partial charge in [0.1, 0.15) is 11.6 Å². The molecular weight excluding hydrogens is 284 g/mol. The van der Waals surface area contributed by atoms with Crippen LogP contribution in [0.1, 0.15) is 6.92 Å². The number of nitrogens with zero attached hydrogens (tertiary/aromatic N) is 3. The van der Waals surface area contributed by atoms with Crippen molar-refractivity contribution in [3.8, 4) is 0 Å². The third-order valence-electron chi connectivity index (χ3n) is 2.84. The number of hydrogen-bond acceptors (Lipinski definition) is 6. The molecule has 0 aromatic carbocycles. The Labute approximate surface area is 122 Å². The summed E-state index contributed by atoms with van der Waals surface area (Å²) in [5, 5.41) is 6.95. The van der Waals surface area contributed by atoms with Crippen molar-refractivity contribution in [2.24, 2.45) is 0 Å². The first-order chi connectivity index (χ1) is 9.49. The molecule has 112 valence electrons. The third kappa shape index (κ3) is 4.50. The van der Waals surface area contributed by atoms with Crippen LogP contribution in [0.2, 0.25) is 5.02 Å². The number of anilines is 1. The molecule has 0 radical (unpaired) electrons. The molecule has 0 unspecified atom stereocenters. The van der Waals surface area contributed by atoms with Gasteiger partial charge in [0.15, 0.2) is 0 Å². The lowest BCUT2D eigenvalue weighted by Gasteiger charge is -2.15. The zero-order chi connectivity index (χ0) is 15.1. The maximum absolute atomic E-state index is 11.9. The van der Waals surface area contributed by atoms with E-state index in [1.54, 1.807) is 0 Å². The summed E-state index contributed by atoms with van der Waals surface area (Å²) in [6.45, 7) is 4.20. The minimum atomic E-state index is -0.555. The van der Waals surface area contributed by atoms with Crippen molar-refractivity contribution in [3.05, 3.63) is 21.6 Å². The fourth-order valence-electron chi connectivity index (χ4n) is 1.43. The monoisotopic (exact) mass is 302 g/mol. The maximum Gasteiger partial charge on any atom is 0.327 e.